The first-order valence-electron chi connectivity index (χ1n) is 8.10. The van der Waals surface area contributed by atoms with Gasteiger partial charge in [0.2, 0.25) is 17.7 Å². The Bertz CT molecular complexity index is 528. The molecule has 136 valence electrons. The lowest BCUT2D eigenvalue weighted by molar-refractivity contribution is -0.177. The van der Waals surface area contributed by atoms with Crippen LogP contribution >= 0.6 is 0 Å². The van der Waals surface area contributed by atoms with Crippen molar-refractivity contribution in [1.29, 1.82) is 0 Å². The Balaban J connectivity index is 2.01. The minimum atomic E-state index is -1.03. The van der Waals surface area contributed by atoms with Crippen molar-refractivity contribution in [3.05, 3.63) is 0 Å². The predicted octanol–water partition coefficient (Wildman–Crippen LogP) is -2.62. The molecule has 9 heteroatoms. The molecule has 6 N–H and O–H groups in total. The van der Waals surface area contributed by atoms with E-state index in [2.05, 4.69) is 0 Å². The van der Waals surface area contributed by atoms with Gasteiger partial charge < -0.3 is 26.6 Å². The number of hydrogen-bond acceptors (Lipinski definition) is 6. The van der Waals surface area contributed by atoms with Crippen LogP contribution in [0.5, 0.6) is 0 Å². The number of nitrogens with zero attached hydrogens (tertiary/aromatic N) is 2. The first-order valence-corrected chi connectivity index (χ1v) is 8.10. The number of primary amides is 2. The number of hydrogen-bond donors (Lipinski definition) is 4. The van der Waals surface area contributed by atoms with Crippen LogP contribution in [-0.2, 0) is 14.4 Å². The Kier molecular flexibility index (Phi) is 5.17. The largest absolute Gasteiger partial charge is 0.391 e. The second-order valence-electron chi connectivity index (χ2n) is 6.92. The summed E-state index contributed by atoms with van der Waals surface area (Å²) in [4.78, 5) is 38.7. The fraction of sp³-hybridized carbons (Fsp3) is 0.800. The number of carbonyl (C=O) groups excluding carboxylic acids is 3. The van der Waals surface area contributed by atoms with Gasteiger partial charge in [-0.1, -0.05) is 0 Å². The van der Waals surface area contributed by atoms with Crippen molar-refractivity contribution in [3.63, 3.8) is 0 Å². The van der Waals surface area contributed by atoms with Crippen LogP contribution < -0.4 is 11.5 Å². The molecular formula is C15H26N4O5. The Hall–Kier alpha value is -1.71. The number of piperidine rings is 1. The van der Waals surface area contributed by atoms with Crippen LogP contribution in [0.15, 0.2) is 0 Å². The van der Waals surface area contributed by atoms with Crippen LogP contribution in [0, 0.1) is 5.41 Å². The highest BCUT2D eigenvalue weighted by Gasteiger charge is 2.57. The van der Waals surface area contributed by atoms with Crippen molar-refractivity contribution < 1.29 is 24.6 Å². The Morgan fingerprint density at radius 3 is 1.83 bits per heavy atom. The van der Waals surface area contributed by atoms with Gasteiger partial charge in [0.1, 0.15) is 12.1 Å². The van der Waals surface area contributed by atoms with Crippen LogP contribution in [0.25, 0.3) is 0 Å². The number of aliphatic hydroxyl groups is 2. The number of aliphatic hydroxyl groups excluding tert-OH is 2. The lowest BCUT2D eigenvalue weighted by Gasteiger charge is -2.55. The highest BCUT2D eigenvalue weighted by molar-refractivity contribution is 5.94. The van der Waals surface area contributed by atoms with Crippen molar-refractivity contribution in [3.8, 4) is 0 Å². The van der Waals surface area contributed by atoms with Gasteiger partial charge in [-0.05, 0) is 26.7 Å². The summed E-state index contributed by atoms with van der Waals surface area (Å²) in [5, 5.41) is 19.4. The van der Waals surface area contributed by atoms with E-state index in [1.807, 2.05) is 0 Å². The van der Waals surface area contributed by atoms with Gasteiger partial charge >= 0.3 is 0 Å². The van der Waals surface area contributed by atoms with E-state index in [9.17, 15) is 24.6 Å². The fourth-order valence-electron chi connectivity index (χ4n) is 3.88. The summed E-state index contributed by atoms with van der Waals surface area (Å²) in [6, 6.07) is -1.79. The third-order valence-corrected chi connectivity index (χ3v) is 5.17. The van der Waals surface area contributed by atoms with Gasteiger partial charge in [0.15, 0.2) is 0 Å². The maximum absolute atomic E-state index is 12.6. The molecular weight excluding hydrogens is 316 g/mol. The number of rotatable bonds is 6. The summed E-state index contributed by atoms with van der Waals surface area (Å²) in [5.74, 6) is -1.52. The maximum Gasteiger partial charge on any atom is 0.242 e. The number of carbonyl (C=O) groups is 3. The Morgan fingerprint density at radius 2 is 1.50 bits per heavy atom. The third kappa shape index (κ3) is 3.11. The van der Waals surface area contributed by atoms with Gasteiger partial charge in [-0.2, -0.15) is 0 Å². The predicted molar refractivity (Wildman–Crippen MR) is 84.3 cm³/mol. The van der Waals surface area contributed by atoms with E-state index in [0.29, 0.717) is 32.5 Å². The molecule has 2 aliphatic heterocycles. The summed E-state index contributed by atoms with van der Waals surface area (Å²) < 4.78 is 0. The molecule has 4 atom stereocenters. The second-order valence-corrected chi connectivity index (χ2v) is 6.92. The highest BCUT2D eigenvalue weighted by Crippen LogP contribution is 2.43. The van der Waals surface area contributed by atoms with Crippen molar-refractivity contribution >= 4 is 17.7 Å². The standard InChI is InChI=1S/C15H26N4O5/c1-8(20)10(12(16)22)18-5-3-15(4-6-18)7-19(14(15)24)11(9(2)21)13(17)23/h8-11,20-21H,3-7H2,1-2H3,(H2,16,22)(H2,17,23)/t8-,9-,10?,11+/m1/s1. The van der Waals surface area contributed by atoms with Crippen molar-refractivity contribution in [2.24, 2.45) is 16.9 Å². The average molecular weight is 342 g/mol. The van der Waals surface area contributed by atoms with Gasteiger partial charge in [-0.3, -0.25) is 19.3 Å². The summed E-state index contributed by atoms with van der Waals surface area (Å²) in [5.41, 5.74) is 10.0. The topological polar surface area (TPSA) is 150 Å². The lowest BCUT2D eigenvalue weighted by Crippen LogP contribution is -2.71. The highest BCUT2D eigenvalue weighted by atomic mass is 16.3. The van der Waals surface area contributed by atoms with Gasteiger partial charge in [-0.15, -0.1) is 0 Å². The second kappa shape index (κ2) is 6.66. The zero-order valence-electron chi connectivity index (χ0n) is 14.0. The number of amides is 3. The van der Waals surface area contributed by atoms with E-state index in [1.165, 1.54) is 18.7 Å². The third-order valence-electron chi connectivity index (χ3n) is 5.17. The van der Waals surface area contributed by atoms with Crippen LogP contribution in [0.1, 0.15) is 26.7 Å². The maximum atomic E-state index is 12.6. The molecule has 1 unspecified atom stereocenters. The van der Waals surface area contributed by atoms with Crippen LogP contribution in [0.2, 0.25) is 0 Å². The molecule has 0 aromatic heterocycles. The monoisotopic (exact) mass is 342 g/mol. The quantitative estimate of drug-likeness (QED) is 0.388. The molecule has 2 fully saturated rings. The van der Waals surface area contributed by atoms with E-state index in [4.69, 9.17) is 11.5 Å². The molecule has 0 aromatic carbocycles. The van der Waals surface area contributed by atoms with Gasteiger partial charge in [0, 0.05) is 19.6 Å². The number of likely N-dealkylation sites (tertiary alicyclic amines) is 2. The zero-order chi connectivity index (χ0) is 18.2. The molecule has 0 aromatic rings. The van der Waals surface area contributed by atoms with E-state index in [1.54, 1.807) is 4.90 Å². The lowest BCUT2D eigenvalue weighted by atomic mass is 9.69. The van der Waals surface area contributed by atoms with Gasteiger partial charge in [-0.25, -0.2) is 0 Å². The summed E-state index contributed by atoms with van der Waals surface area (Å²) in [7, 11) is 0. The van der Waals surface area contributed by atoms with Crippen molar-refractivity contribution in [2.75, 3.05) is 19.6 Å². The van der Waals surface area contributed by atoms with Crippen molar-refractivity contribution in [1.82, 2.24) is 9.80 Å². The molecule has 24 heavy (non-hydrogen) atoms. The molecule has 0 aliphatic carbocycles. The molecule has 3 amide bonds. The fourth-order valence-corrected chi connectivity index (χ4v) is 3.88. The van der Waals surface area contributed by atoms with E-state index < -0.39 is 41.5 Å². The normalized spacial score (nSPS) is 25.7. The first kappa shape index (κ1) is 18.6. The Labute approximate surface area is 140 Å². The number of β-lactam (4-membered cyclic amide) rings is 1. The molecule has 2 aliphatic rings. The summed E-state index contributed by atoms with van der Waals surface area (Å²) in [6.45, 7) is 4.20. The summed E-state index contributed by atoms with van der Waals surface area (Å²) >= 11 is 0. The molecule has 2 rings (SSSR count). The molecule has 0 bridgehead atoms. The molecule has 1 spiro atoms. The number of nitrogens with two attached hydrogens (primary N) is 2. The molecule has 0 radical (unpaired) electrons. The first-order chi connectivity index (χ1) is 11.1. The van der Waals surface area contributed by atoms with Crippen LogP contribution in [-0.4, -0.2) is 81.7 Å². The van der Waals surface area contributed by atoms with Crippen molar-refractivity contribution in [2.45, 2.75) is 51.0 Å². The minimum Gasteiger partial charge on any atom is -0.391 e. The molecule has 9 nitrogen and oxygen atoms in total. The van der Waals surface area contributed by atoms with E-state index >= 15 is 0 Å². The minimum absolute atomic E-state index is 0.195. The SMILES string of the molecule is C[C@@H](O)C(C(N)=O)N1CCC2(CC1)CN([C@H](C(N)=O)[C@@H](C)O)C2=O. The molecule has 2 heterocycles. The smallest absolute Gasteiger partial charge is 0.242 e. The Morgan fingerprint density at radius 1 is 1.04 bits per heavy atom. The van der Waals surface area contributed by atoms with E-state index in [0.717, 1.165) is 0 Å². The average Bonchev–Trinajstić information content (AvgIpc) is 2.46. The summed E-state index contributed by atoms with van der Waals surface area (Å²) in [6.07, 6.45) is -0.910. The van der Waals surface area contributed by atoms with Gasteiger partial charge in [0.05, 0.1) is 17.6 Å². The zero-order valence-corrected chi connectivity index (χ0v) is 14.0. The van der Waals surface area contributed by atoms with Gasteiger partial charge in [0.25, 0.3) is 0 Å². The van der Waals surface area contributed by atoms with Crippen LogP contribution in [0.4, 0.5) is 0 Å². The molecule has 0 saturated carbocycles. The van der Waals surface area contributed by atoms with Crippen LogP contribution in [0.3, 0.4) is 0 Å². The molecule has 2 saturated heterocycles. The van der Waals surface area contributed by atoms with E-state index in [-0.39, 0.29) is 5.91 Å².